The number of hydrogen-bond acceptors (Lipinski definition) is 7. The van der Waals surface area contributed by atoms with Crippen molar-refractivity contribution in [1.82, 2.24) is 25.2 Å². The minimum atomic E-state index is -0.406. The molecule has 3 aliphatic rings. The van der Waals surface area contributed by atoms with Crippen LogP contribution >= 0.6 is 0 Å². The highest BCUT2D eigenvalue weighted by Gasteiger charge is 2.34. The maximum Gasteiger partial charge on any atom is 0.319 e. The normalized spacial score (nSPS) is 23.0. The second-order valence-corrected chi connectivity index (χ2v) is 11.0. The summed E-state index contributed by atoms with van der Waals surface area (Å²) in [7, 11) is 2.14. The summed E-state index contributed by atoms with van der Waals surface area (Å²) in [4.78, 5) is 19.3. The average molecular weight is 523 g/mol. The molecular formula is C31H31FN6O. The van der Waals surface area contributed by atoms with E-state index in [-0.39, 0.29) is 5.56 Å². The van der Waals surface area contributed by atoms with Crippen molar-refractivity contribution >= 4 is 27.6 Å². The zero-order chi connectivity index (χ0) is 26.5. The van der Waals surface area contributed by atoms with Crippen molar-refractivity contribution in [3.63, 3.8) is 0 Å². The van der Waals surface area contributed by atoms with Gasteiger partial charge >= 0.3 is 6.01 Å². The smallest absolute Gasteiger partial charge is 0.319 e. The fourth-order valence-corrected chi connectivity index (χ4v) is 6.48. The summed E-state index contributed by atoms with van der Waals surface area (Å²) in [6.07, 6.45) is 12.2. The first-order chi connectivity index (χ1) is 19.1. The molecule has 0 saturated carbocycles. The first kappa shape index (κ1) is 24.3. The Bertz CT molecular complexity index is 1600. The molecular weight excluding hydrogens is 491 g/mol. The Labute approximate surface area is 227 Å². The van der Waals surface area contributed by atoms with Crippen LogP contribution in [0.3, 0.4) is 0 Å². The van der Waals surface area contributed by atoms with E-state index in [1.54, 1.807) is 6.07 Å². The van der Waals surface area contributed by atoms with Crippen LogP contribution in [-0.4, -0.2) is 71.3 Å². The quantitative estimate of drug-likeness (QED) is 0.390. The maximum absolute atomic E-state index is 14.7. The molecule has 0 spiro atoms. The Kier molecular flexibility index (Phi) is 6.06. The zero-order valence-electron chi connectivity index (χ0n) is 22.0. The molecule has 7 rings (SSSR count). The van der Waals surface area contributed by atoms with E-state index in [9.17, 15) is 4.39 Å². The number of halogens is 1. The van der Waals surface area contributed by atoms with Gasteiger partial charge < -0.3 is 19.9 Å². The molecule has 0 aliphatic carbocycles. The molecule has 0 amide bonds. The number of benzene rings is 2. The molecule has 3 aliphatic heterocycles. The Hall–Kier alpha value is -3.80. The molecule has 1 N–H and O–H groups in total. The highest BCUT2D eigenvalue weighted by Crippen LogP contribution is 2.35. The summed E-state index contributed by atoms with van der Waals surface area (Å²) < 4.78 is 20.9. The molecule has 198 valence electrons. The number of terminal acetylenes is 1. The molecule has 7 nitrogen and oxygen atoms in total. The van der Waals surface area contributed by atoms with Crippen molar-refractivity contribution < 1.29 is 9.13 Å². The summed E-state index contributed by atoms with van der Waals surface area (Å²) in [6.45, 7) is 3.39. The van der Waals surface area contributed by atoms with Crippen molar-refractivity contribution in [3.05, 3.63) is 54.0 Å². The van der Waals surface area contributed by atoms with Gasteiger partial charge in [-0.1, -0.05) is 30.2 Å². The third-order valence-electron chi connectivity index (χ3n) is 8.54. The lowest BCUT2D eigenvalue weighted by Gasteiger charge is -2.34. The number of nitrogens with zero attached hydrogens (tertiary/aromatic N) is 5. The predicted molar refractivity (Wildman–Crippen MR) is 151 cm³/mol. The number of rotatable bonds is 5. The molecule has 0 radical (unpaired) electrons. The molecule has 39 heavy (non-hydrogen) atoms. The maximum atomic E-state index is 14.7. The van der Waals surface area contributed by atoms with Crippen molar-refractivity contribution in [3.8, 4) is 29.5 Å². The number of likely N-dealkylation sites (N-methyl/N-ethyl adjacent to an activating group) is 1. The van der Waals surface area contributed by atoms with Gasteiger partial charge in [0.1, 0.15) is 17.9 Å². The van der Waals surface area contributed by atoms with Crippen LogP contribution in [0, 0.1) is 18.2 Å². The number of piperazine rings is 1. The Morgan fingerprint density at radius 1 is 1.13 bits per heavy atom. The van der Waals surface area contributed by atoms with E-state index in [1.165, 1.54) is 25.3 Å². The highest BCUT2D eigenvalue weighted by atomic mass is 19.1. The topological polar surface area (TPSA) is 66.4 Å². The molecule has 2 aromatic heterocycles. The van der Waals surface area contributed by atoms with Crippen LogP contribution in [0.15, 0.2) is 42.6 Å². The van der Waals surface area contributed by atoms with E-state index in [4.69, 9.17) is 26.1 Å². The van der Waals surface area contributed by atoms with Gasteiger partial charge in [-0.3, -0.25) is 4.98 Å². The fourth-order valence-electron chi connectivity index (χ4n) is 6.48. The minimum absolute atomic E-state index is 0.257. The predicted octanol–water partition coefficient (Wildman–Crippen LogP) is 4.38. The summed E-state index contributed by atoms with van der Waals surface area (Å²) in [5, 5.41) is 5.28. The van der Waals surface area contributed by atoms with Gasteiger partial charge in [-0.05, 0) is 62.4 Å². The van der Waals surface area contributed by atoms with Crippen molar-refractivity contribution in [1.29, 1.82) is 0 Å². The number of nitrogens with one attached hydrogen (secondary N) is 1. The lowest BCUT2D eigenvalue weighted by Crippen LogP contribution is -2.51. The van der Waals surface area contributed by atoms with Crippen LogP contribution < -0.4 is 15.0 Å². The lowest BCUT2D eigenvalue weighted by atomic mass is 9.95. The van der Waals surface area contributed by atoms with Crippen LogP contribution in [0.1, 0.15) is 31.2 Å². The molecule has 3 saturated heterocycles. The van der Waals surface area contributed by atoms with E-state index in [0.29, 0.717) is 41.6 Å². The van der Waals surface area contributed by atoms with Gasteiger partial charge in [-0.2, -0.15) is 9.97 Å². The lowest BCUT2D eigenvalue weighted by molar-refractivity contribution is 0.188. The van der Waals surface area contributed by atoms with Crippen molar-refractivity contribution in [2.24, 2.45) is 0 Å². The van der Waals surface area contributed by atoms with E-state index >= 15 is 0 Å². The van der Waals surface area contributed by atoms with Crippen molar-refractivity contribution in [2.75, 3.05) is 38.2 Å². The second kappa shape index (κ2) is 9.74. The summed E-state index contributed by atoms with van der Waals surface area (Å²) in [5.74, 6) is 2.96. The summed E-state index contributed by atoms with van der Waals surface area (Å²) in [6, 6.07) is 12.7. The van der Waals surface area contributed by atoms with Crippen LogP contribution in [-0.2, 0) is 0 Å². The Morgan fingerprint density at radius 3 is 2.74 bits per heavy atom. The SMILES string of the molecule is C#Cc1c(F)ccc2cccc(-c3cnc4c(N5CC6CCC(C5)N6)nc(OCC5CCCN5C)nc4c3)c12. The molecule has 5 heterocycles. The monoisotopic (exact) mass is 522 g/mol. The Balaban J connectivity index is 1.34. The molecule has 2 aromatic carbocycles. The van der Waals surface area contributed by atoms with E-state index in [0.717, 1.165) is 53.9 Å². The van der Waals surface area contributed by atoms with Gasteiger partial charge in [0, 0.05) is 48.4 Å². The van der Waals surface area contributed by atoms with Crippen LogP contribution in [0.25, 0.3) is 32.9 Å². The number of likely N-dealkylation sites (tertiary alicyclic amines) is 1. The number of fused-ring (bicyclic) bond motifs is 4. The van der Waals surface area contributed by atoms with Crippen molar-refractivity contribution in [2.45, 2.75) is 43.8 Å². The third-order valence-corrected chi connectivity index (χ3v) is 8.54. The second-order valence-electron chi connectivity index (χ2n) is 11.0. The van der Waals surface area contributed by atoms with Gasteiger partial charge in [0.15, 0.2) is 5.82 Å². The minimum Gasteiger partial charge on any atom is -0.462 e. The fraction of sp³-hybridized carbons (Fsp3) is 0.387. The van der Waals surface area contributed by atoms with Gasteiger partial charge in [0.25, 0.3) is 0 Å². The first-order valence-corrected chi connectivity index (χ1v) is 13.8. The average Bonchev–Trinajstić information content (AvgIpc) is 3.53. The van der Waals surface area contributed by atoms with Gasteiger partial charge in [0.05, 0.1) is 11.1 Å². The van der Waals surface area contributed by atoms with Gasteiger partial charge in [-0.25, -0.2) is 4.39 Å². The largest absolute Gasteiger partial charge is 0.462 e. The molecule has 2 bridgehead atoms. The van der Waals surface area contributed by atoms with Gasteiger partial charge in [-0.15, -0.1) is 6.42 Å². The van der Waals surface area contributed by atoms with E-state index in [1.807, 2.05) is 30.5 Å². The number of hydrogen-bond donors (Lipinski definition) is 1. The Morgan fingerprint density at radius 2 is 1.97 bits per heavy atom. The standard InChI is InChI=1S/C31H31FN6O/c1-3-24-26(32)12-9-19-6-4-8-25(28(19)24)20-14-27-29(33-15-20)30(38-16-21-10-11-22(17-38)34-21)36-31(35-27)39-18-23-7-5-13-37(23)2/h1,4,6,8-9,12,14-15,21-23,34H,5,7,10-11,13,16-18H2,2H3. The van der Waals surface area contributed by atoms with Crippen LogP contribution in [0.2, 0.25) is 0 Å². The van der Waals surface area contributed by atoms with Gasteiger partial charge in [0.2, 0.25) is 0 Å². The molecule has 8 heteroatoms. The number of pyridine rings is 1. The zero-order valence-corrected chi connectivity index (χ0v) is 22.0. The van der Waals surface area contributed by atoms with Crippen LogP contribution in [0.5, 0.6) is 6.01 Å². The highest BCUT2D eigenvalue weighted by molar-refractivity contribution is 6.02. The van der Waals surface area contributed by atoms with E-state index in [2.05, 4.69) is 28.1 Å². The number of aromatic nitrogens is 3. The van der Waals surface area contributed by atoms with Crippen LogP contribution in [0.4, 0.5) is 10.2 Å². The molecule has 4 aromatic rings. The molecule has 3 unspecified atom stereocenters. The number of ether oxygens (including phenoxy) is 1. The summed E-state index contributed by atoms with van der Waals surface area (Å²) >= 11 is 0. The number of anilines is 1. The first-order valence-electron chi connectivity index (χ1n) is 13.8. The third kappa shape index (κ3) is 4.36. The van der Waals surface area contributed by atoms with E-state index < -0.39 is 5.82 Å². The summed E-state index contributed by atoms with van der Waals surface area (Å²) in [5.41, 5.74) is 3.35. The molecule has 3 atom stereocenters. The molecule has 3 fully saturated rings.